The summed E-state index contributed by atoms with van der Waals surface area (Å²) in [6, 6.07) is 14.2. The summed E-state index contributed by atoms with van der Waals surface area (Å²) in [4.78, 5) is 8.53. The minimum Gasteiger partial charge on any atom is -0.286 e. The first kappa shape index (κ1) is 10.6. The number of hydrogen-bond acceptors (Lipinski definition) is 2. The van der Waals surface area contributed by atoms with Crippen LogP contribution in [0, 0.1) is 6.92 Å². The summed E-state index contributed by atoms with van der Waals surface area (Å²) in [5.41, 5.74) is 3.39. The van der Waals surface area contributed by atoms with E-state index in [0.717, 1.165) is 5.69 Å². The molecule has 2 nitrogen and oxygen atoms in total. The van der Waals surface area contributed by atoms with E-state index in [0.29, 0.717) is 6.54 Å². The molecule has 0 unspecified atom stereocenters. The molecule has 2 aromatic rings. The van der Waals surface area contributed by atoms with Gasteiger partial charge in [0.2, 0.25) is 0 Å². The van der Waals surface area contributed by atoms with Crippen LogP contribution in [0.3, 0.4) is 0 Å². The Morgan fingerprint density at radius 1 is 1.12 bits per heavy atom. The Labute approximate surface area is 95.7 Å². The van der Waals surface area contributed by atoms with Crippen LogP contribution in [0.2, 0.25) is 0 Å². The highest BCUT2D eigenvalue weighted by Crippen LogP contribution is 2.04. The number of rotatable bonds is 3. The van der Waals surface area contributed by atoms with Crippen LogP contribution in [0.1, 0.15) is 16.8 Å². The van der Waals surface area contributed by atoms with E-state index in [1.807, 2.05) is 18.2 Å². The van der Waals surface area contributed by atoms with Crippen LogP contribution >= 0.6 is 0 Å². The maximum Gasteiger partial charge on any atom is 0.0807 e. The molecular formula is C14H14N2. The minimum atomic E-state index is 0.705. The van der Waals surface area contributed by atoms with Gasteiger partial charge in [0.1, 0.15) is 0 Å². The van der Waals surface area contributed by atoms with Gasteiger partial charge in [-0.1, -0.05) is 35.9 Å². The molecule has 2 rings (SSSR count). The number of pyridine rings is 1. The van der Waals surface area contributed by atoms with E-state index >= 15 is 0 Å². The molecular weight excluding hydrogens is 196 g/mol. The van der Waals surface area contributed by atoms with Gasteiger partial charge >= 0.3 is 0 Å². The highest BCUT2D eigenvalue weighted by molar-refractivity contribution is 5.76. The third-order valence-electron chi connectivity index (χ3n) is 2.31. The molecule has 0 fully saturated rings. The van der Waals surface area contributed by atoms with E-state index in [9.17, 15) is 0 Å². The molecule has 0 aliphatic carbocycles. The van der Waals surface area contributed by atoms with Crippen molar-refractivity contribution in [2.75, 3.05) is 0 Å². The number of nitrogens with zero attached hydrogens (tertiary/aromatic N) is 2. The van der Waals surface area contributed by atoms with Crippen LogP contribution in [-0.2, 0) is 6.54 Å². The molecule has 80 valence electrons. The van der Waals surface area contributed by atoms with Gasteiger partial charge in [-0.3, -0.25) is 9.98 Å². The second kappa shape index (κ2) is 5.21. The van der Waals surface area contributed by atoms with E-state index in [4.69, 9.17) is 0 Å². The van der Waals surface area contributed by atoms with Crippen molar-refractivity contribution in [3.05, 3.63) is 65.5 Å². The van der Waals surface area contributed by atoms with Gasteiger partial charge in [-0.2, -0.15) is 0 Å². The van der Waals surface area contributed by atoms with Crippen molar-refractivity contribution < 1.29 is 0 Å². The zero-order chi connectivity index (χ0) is 11.2. The Morgan fingerprint density at radius 2 is 1.94 bits per heavy atom. The fourth-order valence-corrected chi connectivity index (χ4v) is 1.39. The standard InChI is InChI=1S/C14H14N2/c1-12-5-7-13(8-6-12)10-15-11-14-4-2-3-9-16-14/h2-9,11H,10H2,1H3. The van der Waals surface area contributed by atoms with Crippen LogP contribution in [0.15, 0.2) is 53.7 Å². The zero-order valence-electron chi connectivity index (χ0n) is 9.30. The highest BCUT2D eigenvalue weighted by atomic mass is 14.7. The van der Waals surface area contributed by atoms with E-state index in [-0.39, 0.29) is 0 Å². The summed E-state index contributed by atoms with van der Waals surface area (Å²) >= 11 is 0. The summed E-state index contributed by atoms with van der Waals surface area (Å²) in [5, 5.41) is 0. The lowest BCUT2D eigenvalue weighted by atomic mass is 10.1. The van der Waals surface area contributed by atoms with Crippen molar-refractivity contribution in [3.63, 3.8) is 0 Å². The predicted octanol–water partition coefficient (Wildman–Crippen LogP) is 3.01. The topological polar surface area (TPSA) is 25.2 Å². The lowest BCUT2D eigenvalue weighted by molar-refractivity contribution is 1.07. The summed E-state index contributed by atoms with van der Waals surface area (Å²) in [6.07, 6.45) is 3.58. The molecule has 0 N–H and O–H groups in total. The molecule has 1 heterocycles. The van der Waals surface area contributed by atoms with Crippen molar-refractivity contribution in [3.8, 4) is 0 Å². The molecule has 0 saturated carbocycles. The molecule has 0 aliphatic heterocycles. The smallest absolute Gasteiger partial charge is 0.0807 e. The second-order valence-electron chi connectivity index (χ2n) is 3.71. The van der Waals surface area contributed by atoms with Gasteiger partial charge in [0, 0.05) is 12.4 Å². The Hall–Kier alpha value is -1.96. The second-order valence-corrected chi connectivity index (χ2v) is 3.71. The van der Waals surface area contributed by atoms with E-state index in [1.165, 1.54) is 11.1 Å². The first-order valence-corrected chi connectivity index (χ1v) is 5.31. The summed E-state index contributed by atoms with van der Waals surface area (Å²) < 4.78 is 0. The Balaban J connectivity index is 1.97. The van der Waals surface area contributed by atoms with Gasteiger partial charge in [0.15, 0.2) is 0 Å². The Morgan fingerprint density at radius 3 is 2.62 bits per heavy atom. The minimum absolute atomic E-state index is 0.705. The molecule has 0 amide bonds. The molecule has 16 heavy (non-hydrogen) atoms. The number of aryl methyl sites for hydroxylation is 1. The number of aromatic nitrogens is 1. The largest absolute Gasteiger partial charge is 0.286 e. The van der Waals surface area contributed by atoms with Gasteiger partial charge in [-0.25, -0.2) is 0 Å². The van der Waals surface area contributed by atoms with Crippen LogP contribution in [0.4, 0.5) is 0 Å². The van der Waals surface area contributed by atoms with Crippen LogP contribution in [0.5, 0.6) is 0 Å². The van der Waals surface area contributed by atoms with Gasteiger partial charge in [0.25, 0.3) is 0 Å². The molecule has 0 bridgehead atoms. The third-order valence-corrected chi connectivity index (χ3v) is 2.31. The Bertz CT molecular complexity index is 458. The molecule has 1 aromatic carbocycles. The average molecular weight is 210 g/mol. The van der Waals surface area contributed by atoms with Crippen molar-refractivity contribution in [2.24, 2.45) is 4.99 Å². The lowest BCUT2D eigenvalue weighted by Gasteiger charge is -1.97. The predicted molar refractivity (Wildman–Crippen MR) is 66.7 cm³/mol. The summed E-state index contributed by atoms with van der Waals surface area (Å²) in [6.45, 7) is 2.79. The van der Waals surface area contributed by atoms with Crippen molar-refractivity contribution in [1.82, 2.24) is 4.98 Å². The fourth-order valence-electron chi connectivity index (χ4n) is 1.39. The van der Waals surface area contributed by atoms with Crippen molar-refractivity contribution in [1.29, 1.82) is 0 Å². The van der Waals surface area contributed by atoms with Gasteiger partial charge in [-0.15, -0.1) is 0 Å². The SMILES string of the molecule is Cc1ccc(CN=Cc2ccccn2)cc1. The van der Waals surface area contributed by atoms with E-state index in [2.05, 4.69) is 41.2 Å². The molecule has 0 saturated heterocycles. The third kappa shape index (κ3) is 3.02. The van der Waals surface area contributed by atoms with Crippen molar-refractivity contribution >= 4 is 6.21 Å². The molecule has 0 radical (unpaired) electrons. The maximum absolute atomic E-state index is 4.35. The van der Waals surface area contributed by atoms with Crippen LogP contribution in [-0.4, -0.2) is 11.2 Å². The maximum atomic E-state index is 4.35. The number of benzene rings is 1. The quantitative estimate of drug-likeness (QED) is 0.715. The normalized spacial score (nSPS) is 10.8. The summed E-state index contributed by atoms with van der Waals surface area (Å²) in [7, 11) is 0. The molecule has 0 aliphatic rings. The first-order valence-electron chi connectivity index (χ1n) is 5.31. The van der Waals surface area contributed by atoms with E-state index in [1.54, 1.807) is 12.4 Å². The molecule has 0 atom stereocenters. The monoisotopic (exact) mass is 210 g/mol. The summed E-state index contributed by atoms with van der Waals surface area (Å²) in [5.74, 6) is 0. The Kier molecular flexibility index (Phi) is 3.44. The first-order chi connectivity index (χ1) is 7.84. The van der Waals surface area contributed by atoms with Crippen molar-refractivity contribution in [2.45, 2.75) is 13.5 Å². The highest BCUT2D eigenvalue weighted by Gasteiger charge is 1.90. The van der Waals surface area contributed by atoms with Gasteiger partial charge in [-0.05, 0) is 24.6 Å². The molecule has 1 aromatic heterocycles. The van der Waals surface area contributed by atoms with Crippen LogP contribution < -0.4 is 0 Å². The molecule has 0 spiro atoms. The fraction of sp³-hybridized carbons (Fsp3) is 0.143. The van der Waals surface area contributed by atoms with Gasteiger partial charge in [0.05, 0.1) is 12.2 Å². The van der Waals surface area contributed by atoms with E-state index < -0.39 is 0 Å². The average Bonchev–Trinajstić information content (AvgIpc) is 2.33. The number of aliphatic imine (C=N–C) groups is 1. The zero-order valence-corrected chi connectivity index (χ0v) is 9.30. The lowest BCUT2D eigenvalue weighted by Crippen LogP contribution is -1.87. The number of hydrogen-bond donors (Lipinski definition) is 0. The van der Waals surface area contributed by atoms with Gasteiger partial charge < -0.3 is 0 Å². The molecule has 2 heteroatoms. The van der Waals surface area contributed by atoms with Crippen LogP contribution in [0.25, 0.3) is 0 Å².